The molecule has 10 heteroatoms. The number of hydrogen-bond acceptors (Lipinski definition) is 8. The minimum Gasteiger partial charge on any atom is -0.300 e. The smallest absolute Gasteiger partial charge is 0.239 e. The fraction of sp³-hybridized carbons (Fsp3) is 0.286. The summed E-state index contributed by atoms with van der Waals surface area (Å²) in [7, 11) is 0. The summed E-state index contributed by atoms with van der Waals surface area (Å²) in [6, 6.07) is 9.56. The van der Waals surface area contributed by atoms with Crippen molar-refractivity contribution in [3.8, 4) is 5.69 Å². The largest absolute Gasteiger partial charge is 0.300 e. The number of tetrazole rings is 1. The van der Waals surface area contributed by atoms with Gasteiger partial charge in [-0.15, -0.1) is 15.3 Å². The van der Waals surface area contributed by atoms with Crippen LogP contribution in [0.4, 0.5) is 5.13 Å². The van der Waals surface area contributed by atoms with Crippen LogP contribution in [-0.2, 0) is 4.79 Å². The van der Waals surface area contributed by atoms with Crippen molar-refractivity contribution in [1.29, 1.82) is 0 Å². The van der Waals surface area contributed by atoms with E-state index in [9.17, 15) is 4.79 Å². The number of aromatic nitrogens is 6. The Bertz CT molecular complexity index is 817. The van der Waals surface area contributed by atoms with Crippen LogP contribution in [-0.4, -0.2) is 41.6 Å². The number of rotatable bonds is 6. The molecule has 124 valence electrons. The van der Waals surface area contributed by atoms with E-state index in [1.165, 1.54) is 23.1 Å². The van der Waals surface area contributed by atoms with E-state index in [0.29, 0.717) is 16.7 Å². The van der Waals surface area contributed by atoms with E-state index >= 15 is 0 Å². The van der Waals surface area contributed by atoms with E-state index in [1.54, 1.807) is 4.68 Å². The number of hydrogen-bond donors (Lipinski definition) is 1. The van der Waals surface area contributed by atoms with Crippen molar-refractivity contribution in [2.24, 2.45) is 0 Å². The van der Waals surface area contributed by atoms with Gasteiger partial charge in [-0.05, 0) is 35.9 Å². The van der Waals surface area contributed by atoms with Crippen LogP contribution < -0.4 is 5.32 Å². The average molecular weight is 361 g/mol. The Morgan fingerprint density at radius 2 is 2.08 bits per heavy atom. The lowest BCUT2D eigenvalue weighted by atomic mass is 10.3. The molecule has 0 aliphatic heterocycles. The number of thioether (sulfide) groups is 1. The maximum Gasteiger partial charge on any atom is 0.239 e. The average Bonchev–Trinajstić information content (AvgIpc) is 3.22. The zero-order valence-electron chi connectivity index (χ0n) is 13.1. The van der Waals surface area contributed by atoms with Gasteiger partial charge >= 0.3 is 0 Å². The minimum atomic E-state index is -0.331. The molecule has 2 heterocycles. The Balaban J connectivity index is 1.74. The number of amides is 1. The molecule has 1 atom stereocenters. The zero-order chi connectivity index (χ0) is 16.9. The summed E-state index contributed by atoms with van der Waals surface area (Å²) in [5, 5.41) is 23.9. The molecule has 2 aromatic heterocycles. The summed E-state index contributed by atoms with van der Waals surface area (Å²) in [6.45, 7) is 3.78. The van der Waals surface area contributed by atoms with Gasteiger partial charge in [-0.1, -0.05) is 48.2 Å². The molecule has 0 aliphatic rings. The third-order valence-electron chi connectivity index (χ3n) is 3.11. The number of nitrogens with one attached hydrogen (secondary N) is 1. The van der Waals surface area contributed by atoms with Crippen LogP contribution >= 0.6 is 23.1 Å². The number of nitrogens with zero attached hydrogens (tertiary/aromatic N) is 6. The number of carbonyl (C=O) groups is 1. The highest BCUT2D eigenvalue weighted by molar-refractivity contribution is 8.00. The molecule has 3 aromatic rings. The van der Waals surface area contributed by atoms with E-state index in [4.69, 9.17) is 0 Å². The molecule has 1 amide bonds. The highest BCUT2D eigenvalue weighted by Gasteiger charge is 2.23. The van der Waals surface area contributed by atoms with Gasteiger partial charge in [0.15, 0.2) is 0 Å². The lowest BCUT2D eigenvalue weighted by Crippen LogP contribution is -2.25. The van der Waals surface area contributed by atoms with Gasteiger partial charge in [0.25, 0.3) is 0 Å². The molecule has 1 aromatic carbocycles. The van der Waals surface area contributed by atoms with E-state index < -0.39 is 0 Å². The van der Waals surface area contributed by atoms with Crippen molar-refractivity contribution in [2.45, 2.75) is 30.7 Å². The first kappa shape index (κ1) is 16.5. The van der Waals surface area contributed by atoms with Gasteiger partial charge in [-0.25, -0.2) is 0 Å². The number of carbonyl (C=O) groups excluding carboxylic acids is 1. The summed E-state index contributed by atoms with van der Waals surface area (Å²) in [4.78, 5) is 12.5. The van der Waals surface area contributed by atoms with Crippen LogP contribution in [0.15, 0.2) is 35.5 Å². The number of para-hydroxylation sites is 1. The Morgan fingerprint density at radius 1 is 1.29 bits per heavy atom. The Kier molecular flexibility index (Phi) is 5.16. The summed E-state index contributed by atoms with van der Waals surface area (Å²) in [5.74, 6) is -0.138. The van der Waals surface area contributed by atoms with Crippen molar-refractivity contribution in [3.05, 3.63) is 35.3 Å². The maximum absolute atomic E-state index is 12.5. The minimum absolute atomic E-state index is 0.138. The molecule has 0 spiro atoms. The third kappa shape index (κ3) is 3.77. The van der Waals surface area contributed by atoms with Crippen molar-refractivity contribution < 1.29 is 4.79 Å². The number of anilines is 1. The standard InChI is InChI=1S/C14H15N7OS2/c1-3-11(12(22)15-13-17-16-9(2)23-13)24-14-18-19-20-21(14)10-7-5-4-6-8-10/h4-8,11H,3H2,1-2H3,(H,15,17,22). The van der Waals surface area contributed by atoms with Gasteiger partial charge < -0.3 is 0 Å². The normalized spacial score (nSPS) is 12.1. The molecular formula is C14H15N7OS2. The summed E-state index contributed by atoms with van der Waals surface area (Å²) in [6.07, 6.45) is 0.635. The molecule has 1 N–H and O–H groups in total. The first-order valence-electron chi connectivity index (χ1n) is 7.28. The van der Waals surface area contributed by atoms with Crippen molar-refractivity contribution >= 4 is 34.1 Å². The first-order chi connectivity index (χ1) is 11.7. The first-order valence-corrected chi connectivity index (χ1v) is 8.98. The van der Waals surface area contributed by atoms with Gasteiger partial charge in [0.05, 0.1) is 10.9 Å². The fourth-order valence-electron chi connectivity index (χ4n) is 1.97. The fourth-order valence-corrected chi connectivity index (χ4v) is 3.47. The second-order valence-electron chi connectivity index (χ2n) is 4.84. The van der Waals surface area contributed by atoms with Gasteiger partial charge in [0, 0.05) is 0 Å². The van der Waals surface area contributed by atoms with E-state index in [0.717, 1.165) is 10.7 Å². The zero-order valence-corrected chi connectivity index (χ0v) is 14.7. The third-order valence-corrected chi connectivity index (χ3v) is 5.16. The van der Waals surface area contributed by atoms with Crippen LogP contribution in [0.5, 0.6) is 0 Å². The predicted molar refractivity (Wildman–Crippen MR) is 92.4 cm³/mol. The second kappa shape index (κ2) is 7.49. The highest BCUT2D eigenvalue weighted by atomic mass is 32.2. The molecule has 0 fully saturated rings. The van der Waals surface area contributed by atoms with Crippen LogP contribution in [0.3, 0.4) is 0 Å². The maximum atomic E-state index is 12.5. The molecule has 0 saturated carbocycles. The predicted octanol–water partition coefficient (Wildman–Crippen LogP) is 2.33. The van der Waals surface area contributed by atoms with Crippen molar-refractivity contribution in [1.82, 2.24) is 30.4 Å². The second-order valence-corrected chi connectivity index (χ2v) is 7.19. The lowest BCUT2D eigenvalue weighted by molar-refractivity contribution is -0.115. The van der Waals surface area contributed by atoms with E-state index in [-0.39, 0.29) is 11.2 Å². The van der Waals surface area contributed by atoms with Gasteiger partial charge in [0.2, 0.25) is 16.2 Å². The van der Waals surface area contributed by atoms with E-state index in [2.05, 4.69) is 31.0 Å². The quantitative estimate of drug-likeness (QED) is 0.673. The summed E-state index contributed by atoms with van der Waals surface area (Å²) < 4.78 is 1.62. The molecule has 3 rings (SSSR count). The Labute approximate surface area is 146 Å². The summed E-state index contributed by atoms with van der Waals surface area (Å²) >= 11 is 2.67. The van der Waals surface area contributed by atoms with Crippen LogP contribution in [0.25, 0.3) is 5.69 Å². The molecule has 0 saturated heterocycles. The molecule has 1 unspecified atom stereocenters. The van der Waals surface area contributed by atoms with Gasteiger partial charge in [0.1, 0.15) is 5.01 Å². The van der Waals surface area contributed by atoms with Gasteiger partial charge in [-0.3, -0.25) is 10.1 Å². The van der Waals surface area contributed by atoms with Crippen LogP contribution in [0, 0.1) is 6.92 Å². The van der Waals surface area contributed by atoms with Crippen molar-refractivity contribution in [3.63, 3.8) is 0 Å². The Morgan fingerprint density at radius 3 is 2.75 bits per heavy atom. The molecule has 0 radical (unpaired) electrons. The molecule has 0 aliphatic carbocycles. The van der Waals surface area contributed by atoms with E-state index in [1.807, 2.05) is 44.2 Å². The lowest BCUT2D eigenvalue weighted by Gasteiger charge is -2.12. The van der Waals surface area contributed by atoms with Crippen LogP contribution in [0.1, 0.15) is 18.4 Å². The van der Waals surface area contributed by atoms with Crippen LogP contribution in [0.2, 0.25) is 0 Å². The highest BCUT2D eigenvalue weighted by Crippen LogP contribution is 2.26. The SMILES string of the molecule is CCC(Sc1nnnn1-c1ccccc1)C(=O)Nc1nnc(C)s1. The molecule has 24 heavy (non-hydrogen) atoms. The number of benzene rings is 1. The number of aryl methyl sites for hydroxylation is 1. The molecule has 8 nitrogen and oxygen atoms in total. The monoisotopic (exact) mass is 361 g/mol. The topological polar surface area (TPSA) is 98.5 Å². The molecule has 0 bridgehead atoms. The molecular weight excluding hydrogens is 346 g/mol. The van der Waals surface area contributed by atoms with Crippen molar-refractivity contribution in [2.75, 3.05) is 5.32 Å². The Hall–Kier alpha value is -2.33. The van der Waals surface area contributed by atoms with Gasteiger partial charge in [-0.2, -0.15) is 4.68 Å². The summed E-state index contributed by atoms with van der Waals surface area (Å²) in [5.41, 5.74) is 0.847.